The maximum absolute atomic E-state index is 12.9. The molecule has 0 unspecified atom stereocenters. The van der Waals surface area contributed by atoms with Gasteiger partial charge in [-0.1, -0.05) is 53.1 Å². The highest BCUT2D eigenvalue weighted by atomic mass is 35.5. The van der Waals surface area contributed by atoms with Crippen LogP contribution >= 0.6 is 11.6 Å². The Morgan fingerprint density at radius 3 is 2.29 bits per heavy atom. The quantitative estimate of drug-likeness (QED) is 0.703. The van der Waals surface area contributed by atoms with Gasteiger partial charge in [0.15, 0.2) is 0 Å². The van der Waals surface area contributed by atoms with E-state index in [9.17, 15) is 4.79 Å². The average Bonchev–Trinajstić information content (AvgIpc) is 2.72. The summed E-state index contributed by atoms with van der Waals surface area (Å²) in [5.74, 6) is 1.37. The maximum Gasteiger partial charge on any atom is 0.254 e. The predicted octanol–water partition coefficient (Wildman–Crippen LogP) is 5.05. The van der Waals surface area contributed by atoms with Crippen molar-refractivity contribution in [2.75, 3.05) is 0 Å². The van der Waals surface area contributed by atoms with Crippen molar-refractivity contribution < 1.29 is 9.53 Å². The van der Waals surface area contributed by atoms with E-state index in [2.05, 4.69) is 49.0 Å². The van der Waals surface area contributed by atoms with E-state index >= 15 is 0 Å². The van der Waals surface area contributed by atoms with E-state index < -0.39 is 0 Å². The minimum Gasteiger partial charge on any atom is -0.489 e. The number of nitrogens with one attached hydrogen (secondary N) is 1. The summed E-state index contributed by atoms with van der Waals surface area (Å²) < 4.78 is 6.38. The van der Waals surface area contributed by atoms with Crippen molar-refractivity contribution in [2.45, 2.75) is 66.5 Å². The molecule has 3 rings (SSSR count). The van der Waals surface area contributed by atoms with Crippen LogP contribution < -0.4 is 10.1 Å². The lowest BCUT2D eigenvalue weighted by Gasteiger charge is -2.63. The van der Waals surface area contributed by atoms with Crippen LogP contribution in [0.2, 0.25) is 5.02 Å². The van der Waals surface area contributed by atoms with Crippen LogP contribution in [0.4, 0.5) is 0 Å². The van der Waals surface area contributed by atoms with Gasteiger partial charge >= 0.3 is 0 Å². The highest BCUT2D eigenvalue weighted by Gasteiger charge is 2.64. The first-order valence-corrected chi connectivity index (χ1v) is 10.8. The molecular weight excluding hydrogens is 412 g/mol. The van der Waals surface area contributed by atoms with Gasteiger partial charge in [0.1, 0.15) is 23.7 Å². The summed E-state index contributed by atoms with van der Waals surface area (Å²) in [6, 6.07) is 5.42. The first-order valence-electron chi connectivity index (χ1n) is 10.4. The van der Waals surface area contributed by atoms with Gasteiger partial charge in [-0.05, 0) is 19.1 Å². The van der Waals surface area contributed by atoms with Gasteiger partial charge in [0.25, 0.3) is 5.91 Å². The summed E-state index contributed by atoms with van der Waals surface area (Å²) in [5, 5.41) is 12.7. The van der Waals surface area contributed by atoms with Gasteiger partial charge in [-0.25, -0.2) is 9.97 Å². The molecule has 1 fully saturated rings. The summed E-state index contributed by atoms with van der Waals surface area (Å²) in [6.45, 7) is 14.2. The first kappa shape index (κ1) is 23.0. The van der Waals surface area contributed by atoms with Crippen molar-refractivity contribution in [2.24, 2.45) is 10.8 Å². The van der Waals surface area contributed by atoms with Gasteiger partial charge in [-0.2, -0.15) is 5.26 Å². The third kappa shape index (κ3) is 3.99. The molecule has 1 aromatic carbocycles. The van der Waals surface area contributed by atoms with Crippen LogP contribution in [0.25, 0.3) is 0 Å². The molecule has 1 aliphatic rings. The monoisotopic (exact) mass is 440 g/mol. The fourth-order valence-corrected chi connectivity index (χ4v) is 4.97. The number of amides is 1. The molecule has 0 radical (unpaired) electrons. The average molecular weight is 441 g/mol. The van der Waals surface area contributed by atoms with Crippen molar-refractivity contribution >= 4 is 17.5 Å². The topological polar surface area (TPSA) is 87.9 Å². The Kier molecular flexibility index (Phi) is 6.03. The number of carbonyl (C=O) groups is 1. The lowest BCUT2D eigenvalue weighted by Crippen LogP contribution is -2.74. The van der Waals surface area contributed by atoms with E-state index in [4.69, 9.17) is 21.6 Å². The first-order chi connectivity index (χ1) is 14.4. The third-order valence-corrected chi connectivity index (χ3v) is 6.75. The van der Waals surface area contributed by atoms with E-state index in [1.54, 1.807) is 24.5 Å². The van der Waals surface area contributed by atoms with E-state index in [0.717, 1.165) is 5.56 Å². The highest BCUT2D eigenvalue weighted by Crippen LogP contribution is 2.56. The molecule has 0 saturated heterocycles. The molecule has 6 nitrogen and oxygen atoms in total. The van der Waals surface area contributed by atoms with Gasteiger partial charge < -0.3 is 10.1 Å². The smallest absolute Gasteiger partial charge is 0.254 e. The minimum atomic E-state index is -0.329. The van der Waals surface area contributed by atoms with E-state index in [1.807, 2.05) is 20.8 Å². The van der Waals surface area contributed by atoms with Crippen LogP contribution in [-0.2, 0) is 0 Å². The Balaban J connectivity index is 1.77. The fourth-order valence-electron chi connectivity index (χ4n) is 4.78. The van der Waals surface area contributed by atoms with Crippen LogP contribution in [0.15, 0.2) is 24.5 Å². The second-order valence-electron chi connectivity index (χ2n) is 9.69. The number of carbonyl (C=O) groups excluding carboxylic acids is 1. The molecule has 1 saturated carbocycles. The number of ether oxygens (including phenoxy) is 1. The van der Waals surface area contributed by atoms with Crippen LogP contribution in [0, 0.1) is 29.1 Å². The predicted molar refractivity (Wildman–Crippen MR) is 120 cm³/mol. The number of halogens is 1. The Labute approximate surface area is 189 Å². The molecule has 1 aromatic heterocycles. The summed E-state index contributed by atoms with van der Waals surface area (Å²) >= 11 is 6.31. The molecule has 7 heteroatoms. The van der Waals surface area contributed by atoms with Crippen LogP contribution in [0.5, 0.6) is 5.75 Å². The lowest BCUT2D eigenvalue weighted by atomic mass is 9.49. The number of hydrogen-bond donors (Lipinski definition) is 1. The van der Waals surface area contributed by atoms with Gasteiger partial charge in [-0.15, -0.1) is 0 Å². The molecule has 0 atom stereocenters. The summed E-state index contributed by atoms with van der Waals surface area (Å²) in [5.41, 5.74) is 0.946. The van der Waals surface area contributed by atoms with Crippen molar-refractivity contribution in [1.82, 2.24) is 15.3 Å². The Hall–Kier alpha value is -2.65. The molecule has 2 aromatic rings. The van der Waals surface area contributed by atoms with Gasteiger partial charge in [-0.3, -0.25) is 4.79 Å². The fraction of sp³-hybridized carbons (Fsp3) is 0.500. The van der Waals surface area contributed by atoms with Crippen LogP contribution in [-0.4, -0.2) is 28.0 Å². The van der Waals surface area contributed by atoms with E-state index in [1.165, 1.54) is 0 Å². The molecular formula is C24H29ClN4O2. The highest BCUT2D eigenvalue weighted by molar-refractivity contribution is 6.32. The molecule has 1 amide bonds. The van der Waals surface area contributed by atoms with Crippen LogP contribution in [0.3, 0.4) is 0 Å². The standard InChI is InChI=1S/C24H29ClN4O2/c1-13(2)19-27-11-16(12-28-19)20(30)29-21-23(4,5)22(24(21,6)7)31-17-9-8-15(10-26)18(25)14(17)3/h8-9,11-13,21-22H,1-7H3,(H,29,30). The Morgan fingerprint density at radius 2 is 1.77 bits per heavy atom. The molecule has 164 valence electrons. The maximum atomic E-state index is 12.9. The zero-order valence-electron chi connectivity index (χ0n) is 19.1. The zero-order valence-corrected chi connectivity index (χ0v) is 19.8. The summed E-state index contributed by atoms with van der Waals surface area (Å²) in [7, 11) is 0. The van der Waals surface area contributed by atoms with Gasteiger partial charge in [0.2, 0.25) is 0 Å². The lowest BCUT2D eigenvalue weighted by molar-refractivity contribution is -0.164. The number of rotatable bonds is 5. The largest absolute Gasteiger partial charge is 0.489 e. The summed E-state index contributed by atoms with van der Waals surface area (Å²) in [4.78, 5) is 21.4. The van der Waals surface area contributed by atoms with E-state index in [0.29, 0.717) is 27.7 Å². The molecule has 0 aliphatic heterocycles. The molecule has 1 heterocycles. The van der Waals surface area contributed by atoms with Crippen molar-refractivity contribution in [3.8, 4) is 11.8 Å². The molecule has 1 aliphatic carbocycles. The zero-order chi connectivity index (χ0) is 23.1. The molecule has 0 spiro atoms. The Bertz CT molecular complexity index is 1020. The molecule has 0 bridgehead atoms. The second kappa shape index (κ2) is 8.12. The van der Waals surface area contributed by atoms with Crippen molar-refractivity contribution in [1.29, 1.82) is 5.26 Å². The van der Waals surface area contributed by atoms with Crippen molar-refractivity contribution in [3.05, 3.63) is 52.1 Å². The number of aromatic nitrogens is 2. The van der Waals surface area contributed by atoms with Gasteiger partial charge in [0, 0.05) is 40.7 Å². The van der Waals surface area contributed by atoms with E-state index in [-0.39, 0.29) is 34.8 Å². The SMILES string of the molecule is Cc1c(OC2C(C)(C)C(NC(=O)c3cnc(C(C)C)nc3)C2(C)C)ccc(C#N)c1Cl. The number of nitrogens with zero attached hydrogens (tertiary/aromatic N) is 3. The molecule has 1 N–H and O–H groups in total. The number of benzene rings is 1. The number of hydrogen-bond acceptors (Lipinski definition) is 5. The van der Waals surface area contributed by atoms with Crippen LogP contribution in [0.1, 0.15) is 74.8 Å². The Morgan fingerprint density at radius 1 is 1.19 bits per heavy atom. The van der Waals surface area contributed by atoms with Gasteiger partial charge in [0.05, 0.1) is 16.1 Å². The molecule has 31 heavy (non-hydrogen) atoms. The third-order valence-electron chi connectivity index (χ3n) is 6.27. The normalized spacial score (nSPS) is 21.2. The number of nitriles is 1. The second-order valence-corrected chi connectivity index (χ2v) is 10.1. The summed E-state index contributed by atoms with van der Waals surface area (Å²) in [6.07, 6.45) is 2.99. The minimum absolute atomic E-state index is 0.114. The van der Waals surface area contributed by atoms with Crippen molar-refractivity contribution in [3.63, 3.8) is 0 Å².